The van der Waals surface area contributed by atoms with Gasteiger partial charge >= 0.3 is 6.09 Å². The molecule has 0 aromatic heterocycles. The molecule has 1 amide bonds. The molecule has 0 saturated carbocycles. The Balaban J connectivity index is 1.26. The summed E-state index contributed by atoms with van der Waals surface area (Å²) in [5.74, 6) is 1.31. The maximum absolute atomic E-state index is 11.4. The topological polar surface area (TPSA) is 80.3 Å². The third kappa shape index (κ3) is 3.97. The second-order valence-corrected chi connectivity index (χ2v) is 9.40. The van der Waals surface area contributed by atoms with Crippen molar-refractivity contribution in [1.29, 1.82) is 0 Å². The van der Waals surface area contributed by atoms with Gasteiger partial charge in [0.25, 0.3) is 0 Å². The molecule has 0 aliphatic carbocycles. The largest absolute Gasteiger partial charge is 0.507 e. The highest BCUT2D eigenvalue weighted by Gasteiger charge is 2.42. The maximum Gasteiger partial charge on any atom is 0.407 e. The molecular weight excluding hydrogens is 384 g/mol. The number of hydrogen-bond donors (Lipinski definition) is 2. The molecule has 4 rings (SSSR count). The van der Waals surface area contributed by atoms with Gasteiger partial charge in [0.1, 0.15) is 22.7 Å². The summed E-state index contributed by atoms with van der Waals surface area (Å²) in [6, 6.07) is 0. The zero-order valence-electron chi connectivity index (χ0n) is 18.6. The van der Waals surface area contributed by atoms with Crippen molar-refractivity contribution in [3.05, 3.63) is 22.3 Å². The Morgan fingerprint density at radius 1 is 1.10 bits per heavy atom. The lowest BCUT2D eigenvalue weighted by atomic mass is 9.87. The summed E-state index contributed by atoms with van der Waals surface area (Å²) < 4.78 is 17.9. The van der Waals surface area contributed by atoms with Crippen LogP contribution >= 0.6 is 0 Å². The summed E-state index contributed by atoms with van der Waals surface area (Å²) in [6.45, 7) is 12.6. The minimum Gasteiger partial charge on any atom is -0.507 e. The fourth-order valence-corrected chi connectivity index (χ4v) is 4.84. The third-order valence-corrected chi connectivity index (χ3v) is 7.18. The molecule has 1 unspecified atom stereocenters. The predicted octanol–water partition coefficient (Wildman–Crippen LogP) is 2.99. The standard InChI is InChI=1S/C23H34N2O5/c1-15-16(2)20-18(17(3)19(15)26)5-6-22(4,29-20)14-28-12-11-25-9-7-23(8-10-25)13-24-21(27)30-23/h26H,5-14H2,1-4H3,(H,24,27). The zero-order chi connectivity index (χ0) is 21.5. The number of alkyl carbamates (subject to hydrolysis) is 1. The van der Waals surface area contributed by atoms with Crippen LogP contribution in [0.5, 0.6) is 11.5 Å². The van der Waals surface area contributed by atoms with Gasteiger partial charge in [-0.05, 0) is 57.2 Å². The van der Waals surface area contributed by atoms with Crippen LogP contribution in [0.1, 0.15) is 48.4 Å². The lowest BCUT2D eigenvalue weighted by molar-refractivity contribution is -0.0403. The van der Waals surface area contributed by atoms with Crippen LogP contribution in [0, 0.1) is 20.8 Å². The average molecular weight is 419 g/mol. The van der Waals surface area contributed by atoms with E-state index >= 15 is 0 Å². The number of hydrogen-bond acceptors (Lipinski definition) is 6. The summed E-state index contributed by atoms with van der Waals surface area (Å²) in [7, 11) is 0. The smallest absolute Gasteiger partial charge is 0.407 e. The number of rotatable bonds is 5. The van der Waals surface area contributed by atoms with Gasteiger partial charge in [0.2, 0.25) is 0 Å². The first-order chi connectivity index (χ1) is 14.2. The van der Waals surface area contributed by atoms with Crippen LogP contribution in [-0.4, -0.2) is 66.7 Å². The molecular formula is C23H34N2O5. The number of amides is 1. The van der Waals surface area contributed by atoms with Crippen LogP contribution in [0.25, 0.3) is 0 Å². The van der Waals surface area contributed by atoms with E-state index in [9.17, 15) is 9.90 Å². The number of benzene rings is 1. The molecule has 1 aromatic carbocycles. The molecule has 3 heterocycles. The summed E-state index contributed by atoms with van der Waals surface area (Å²) in [6.07, 6.45) is 3.21. The molecule has 2 N–H and O–H groups in total. The van der Waals surface area contributed by atoms with E-state index in [4.69, 9.17) is 14.2 Å². The normalized spacial score (nSPS) is 25.5. The number of nitrogens with one attached hydrogen (secondary N) is 1. The number of piperidine rings is 1. The highest BCUT2D eigenvalue weighted by Crippen LogP contribution is 2.43. The van der Waals surface area contributed by atoms with Gasteiger partial charge in [-0.15, -0.1) is 0 Å². The van der Waals surface area contributed by atoms with Crippen molar-refractivity contribution in [2.45, 2.75) is 64.6 Å². The zero-order valence-corrected chi connectivity index (χ0v) is 18.6. The monoisotopic (exact) mass is 418 g/mol. The molecule has 3 aliphatic rings. The molecule has 2 fully saturated rings. The van der Waals surface area contributed by atoms with Crippen LogP contribution in [0.3, 0.4) is 0 Å². The first-order valence-corrected chi connectivity index (χ1v) is 11.0. The SMILES string of the molecule is Cc1c(C)c2c(c(C)c1O)CCC(C)(COCCN1CCC3(CC1)CNC(=O)O3)O2. The van der Waals surface area contributed by atoms with E-state index in [1.807, 2.05) is 20.8 Å². The number of phenols is 1. The van der Waals surface area contributed by atoms with E-state index in [1.54, 1.807) is 0 Å². The van der Waals surface area contributed by atoms with Crippen LogP contribution in [-0.2, 0) is 15.9 Å². The summed E-state index contributed by atoms with van der Waals surface area (Å²) in [5, 5.41) is 13.1. The van der Waals surface area contributed by atoms with Crippen LogP contribution < -0.4 is 10.1 Å². The molecule has 7 nitrogen and oxygen atoms in total. The van der Waals surface area contributed by atoms with Crippen molar-refractivity contribution in [2.24, 2.45) is 0 Å². The number of fused-ring (bicyclic) bond motifs is 1. The van der Waals surface area contributed by atoms with Crippen LogP contribution in [0.2, 0.25) is 0 Å². The lowest BCUT2D eigenvalue weighted by Gasteiger charge is -2.38. The number of likely N-dealkylation sites (tertiary alicyclic amines) is 1. The van der Waals surface area contributed by atoms with E-state index in [1.165, 1.54) is 0 Å². The van der Waals surface area contributed by atoms with Crippen LogP contribution in [0.4, 0.5) is 4.79 Å². The first-order valence-electron chi connectivity index (χ1n) is 11.0. The minimum absolute atomic E-state index is 0.287. The number of phenolic OH excluding ortho intramolecular Hbond substituents is 1. The average Bonchev–Trinajstić information content (AvgIpc) is 3.09. The summed E-state index contributed by atoms with van der Waals surface area (Å²) in [5.41, 5.74) is 3.31. The van der Waals surface area contributed by atoms with Crippen molar-refractivity contribution >= 4 is 6.09 Å². The molecule has 30 heavy (non-hydrogen) atoms. The molecule has 1 spiro atoms. The summed E-state index contributed by atoms with van der Waals surface area (Å²) in [4.78, 5) is 13.7. The fraction of sp³-hybridized carbons (Fsp3) is 0.696. The summed E-state index contributed by atoms with van der Waals surface area (Å²) >= 11 is 0. The molecule has 0 radical (unpaired) electrons. The Kier molecular flexibility index (Phi) is 5.62. The molecule has 7 heteroatoms. The van der Waals surface area contributed by atoms with Gasteiger partial charge in [0.05, 0.1) is 19.8 Å². The highest BCUT2D eigenvalue weighted by molar-refractivity contribution is 5.70. The van der Waals surface area contributed by atoms with E-state index < -0.39 is 0 Å². The van der Waals surface area contributed by atoms with Crippen molar-refractivity contribution in [3.63, 3.8) is 0 Å². The Morgan fingerprint density at radius 2 is 1.83 bits per heavy atom. The van der Waals surface area contributed by atoms with Gasteiger partial charge in [0, 0.05) is 38.0 Å². The fourth-order valence-electron chi connectivity index (χ4n) is 4.84. The third-order valence-electron chi connectivity index (χ3n) is 7.18. The lowest BCUT2D eigenvalue weighted by Crippen LogP contribution is -2.47. The second-order valence-electron chi connectivity index (χ2n) is 9.40. The Hall–Kier alpha value is -1.99. The molecule has 1 atom stereocenters. The number of nitrogens with zero attached hydrogens (tertiary/aromatic N) is 1. The number of aromatic hydroxyl groups is 1. The van der Waals surface area contributed by atoms with Gasteiger partial charge in [0.15, 0.2) is 0 Å². The van der Waals surface area contributed by atoms with Crippen molar-refractivity contribution in [1.82, 2.24) is 10.2 Å². The first kappa shape index (κ1) is 21.2. The van der Waals surface area contributed by atoms with E-state index in [0.29, 0.717) is 25.5 Å². The van der Waals surface area contributed by atoms with Gasteiger partial charge in [-0.25, -0.2) is 4.79 Å². The Labute approximate surface area is 178 Å². The van der Waals surface area contributed by atoms with E-state index in [2.05, 4.69) is 17.1 Å². The molecule has 166 valence electrons. The Bertz CT molecular complexity index is 832. The van der Waals surface area contributed by atoms with Gasteiger partial charge in [-0.2, -0.15) is 0 Å². The van der Waals surface area contributed by atoms with E-state index in [-0.39, 0.29) is 17.3 Å². The maximum atomic E-state index is 11.4. The van der Waals surface area contributed by atoms with Gasteiger partial charge in [-0.3, -0.25) is 0 Å². The van der Waals surface area contributed by atoms with Gasteiger partial charge < -0.3 is 29.5 Å². The number of carbonyl (C=O) groups excluding carboxylic acids is 1. The molecule has 0 bridgehead atoms. The number of carbonyl (C=O) groups is 1. The Morgan fingerprint density at radius 3 is 2.50 bits per heavy atom. The second kappa shape index (κ2) is 7.93. The minimum atomic E-state index is -0.358. The predicted molar refractivity (Wildman–Crippen MR) is 113 cm³/mol. The van der Waals surface area contributed by atoms with Crippen molar-refractivity contribution in [2.75, 3.05) is 39.4 Å². The van der Waals surface area contributed by atoms with E-state index in [0.717, 1.165) is 73.3 Å². The quantitative estimate of drug-likeness (QED) is 0.716. The van der Waals surface area contributed by atoms with Gasteiger partial charge in [-0.1, -0.05) is 0 Å². The van der Waals surface area contributed by atoms with Crippen molar-refractivity contribution < 1.29 is 24.1 Å². The molecule has 2 saturated heterocycles. The number of ether oxygens (including phenoxy) is 3. The molecule has 1 aromatic rings. The molecule has 3 aliphatic heterocycles. The van der Waals surface area contributed by atoms with Crippen LogP contribution in [0.15, 0.2) is 0 Å². The van der Waals surface area contributed by atoms with Crippen molar-refractivity contribution in [3.8, 4) is 11.5 Å². The highest BCUT2D eigenvalue weighted by atomic mass is 16.6.